The summed E-state index contributed by atoms with van der Waals surface area (Å²) in [5.41, 5.74) is 1.47. The first-order valence-corrected chi connectivity index (χ1v) is 11.2. The van der Waals surface area contributed by atoms with Crippen molar-refractivity contribution in [1.29, 1.82) is 0 Å². The van der Waals surface area contributed by atoms with Gasteiger partial charge in [-0.15, -0.1) is 0 Å². The molecule has 0 atom stereocenters. The Morgan fingerprint density at radius 1 is 1.25 bits per heavy atom. The second-order valence-electron chi connectivity index (χ2n) is 8.41. The molecule has 9 heteroatoms. The first-order valence-electron chi connectivity index (χ1n) is 11.2. The molecule has 32 heavy (non-hydrogen) atoms. The van der Waals surface area contributed by atoms with Gasteiger partial charge in [-0.1, -0.05) is 19.3 Å². The summed E-state index contributed by atoms with van der Waals surface area (Å²) in [5.74, 6) is -0.296. The molecule has 3 rings (SSSR count). The van der Waals surface area contributed by atoms with E-state index in [4.69, 9.17) is 9.84 Å². The predicted octanol–water partition coefficient (Wildman–Crippen LogP) is 2.66. The number of hydrogen-bond acceptors (Lipinski definition) is 6. The molecule has 2 amide bonds. The first-order chi connectivity index (χ1) is 15.3. The fraction of sp³-hybridized carbons (Fsp3) is 0.565. The van der Waals surface area contributed by atoms with E-state index in [1.54, 1.807) is 12.1 Å². The van der Waals surface area contributed by atoms with Crippen molar-refractivity contribution in [3.8, 4) is 5.75 Å². The van der Waals surface area contributed by atoms with Crippen LogP contribution in [0, 0.1) is 0 Å². The fourth-order valence-corrected chi connectivity index (χ4v) is 4.17. The van der Waals surface area contributed by atoms with Crippen LogP contribution in [0.1, 0.15) is 57.4 Å². The molecule has 0 bridgehead atoms. The van der Waals surface area contributed by atoms with Crippen LogP contribution in [0.3, 0.4) is 0 Å². The van der Waals surface area contributed by atoms with Crippen molar-refractivity contribution in [3.63, 3.8) is 0 Å². The van der Waals surface area contributed by atoms with Gasteiger partial charge < -0.3 is 19.6 Å². The number of benzene rings is 1. The zero-order valence-electron chi connectivity index (χ0n) is 18.8. The number of guanidine groups is 1. The van der Waals surface area contributed by atoms with Gasteiger partial charge in [0.1, 0.15) is 12.3 Å². The lowest BCUT2D eigenvalue weighted by atomic mass is 9.94. The second kappa shape index (κ2) is 11.0. The maximum absolute atomic E-state index is 12.4. The van der Waals surface area contributed by atoms with E-state index >= 15 is 0 Å². The average molecular weight is 445 g/mol. The maximum Gasteiger partial charge on any atom is 0.323 e. The summed E-state index contributed by atoms with van der Waals surface area (Å²) >= 11 is 0. The van der Waals surface area contributed by atoms with Crippen LogP contribution in [0.2, 0.25) is 0 Å². The van der Waals surface area contributed by atoms with E-state index < -0.39 is 5.97 Å². The van der Waals surface area contributed by atoms with Crippen molar-refractivity contribution in [2.24, 2.45) is 4.99 Å². The minimum Gasteiger partial charge on any atom is -0.494 e. The molecule has 0 saturated heterocycles. The molecule has 1 aromatic carbocycles. The Labute approximate surface area is 188 Å². The number of ether oxygens (including phenoxy) is 1. The van der Waals surface area contributed by atoms with Crippen LogP contribution in [0.25, 0.3) is 0 Å². The molecule has 9 nitrogen and oxygen atoms in total. The average Bonchev–Trinajstić information content (AvgIpc) is 2.76. The minimum absolute atomic E-state index is 0.162. The Balaban J connectivity index is 1.53. The fourth-order valence-electron chi connectivity index (χ4n) is 4.17. The molecule has 2 N–H and O–H groups in total. The summed E-state index contributed by atoms with van der Waals surface area (Å²) in [6.07, 6.45) is 6.93. The molecule has 0 unspecified atom stereocenters. The molecule has 1 aromatic rings. The van der Waals surface area contributed by atoms with Gasteiger partial charge in [-0.25, -0.2) is 4.99 Å². The van der Waals surface area contributed by atoms with Gasteiger partial charge in [0.25, 0.3) is 0 Å². The van der Waals surface area contributed by atoms with Gasteiger partial charge in [-0.2, -0.15) is 0 Å². The molecule has 1 aliphatic heterocycles. The number of nitrogens with one attached hydrogen (secondary N) is 1. The van der Waals surface area contributed by atoms with Gasteiger partial charge in [0.2, 0.25) is 17.8 Å². The Morgan fingerprint density at radius 3 is 2.69 bits per heavy atom. The number of carboxylic acids is 1. The number of nitrogens with zero attached hydrogens (tertiary/aromatic N) is 3. The highest BCUT2D eigenvalue weighted by Gasteiger charge is 2.24. The Hall–Kier alpha value is -3.10. The van der Waals surface area contributed by atoms with Crippen molar-refractivity contribution in [2.75, 3.05) is 20.2 Å². The minimum atomic E-state index is -1.01. The summed E-state index contributed by atoms with van der Waals surface area (Å²) < 4.78 is 5.83. The smallest absolute Gasteiger partial charge is 0.323 e. The number of carbonyl (C=O) groups is 3. The third-order valence-corrected chi connectivity index (χ3v) is 5.87. The van der Waals surface area contributed by atoms with Crippen LogP contribution in [-0.2, 0) is 20.9 Å². The predicted molar refractivity (Wildman–Crippen MR) is 120 cm³/mol. The van der Waals surface area contributed by atoms with E-state index in [0.717, 1.165) is 18.4 Å². The van der Waals surface area contributed by atoms with Gasteiger partial charge in [-0.05, 0) is 37.5 Å². The lowest BCUT2D eigenvalue weighted by Gasteiger charge is -2.31. The van der Waals surface area contributed by atoms with E-state index in [0.29, 0.717) is 43.5 Å². The lowest BCUT2D eigenvalue weighted by molar-refractivity contribution is -0.137. The summed E-state index contributed by atoms with van der Waals surface area (Å²) in [6, 6.07) is 5.77. The largest absolute Gasteiger partial charge is 0.494 e. The lowest BCUT2D eigenvalue weighted by Crippen LogP contribution is -2.46. The van der Waals surface area contributed by atoms with E-state index in [1.807, 2.05) is 18.0 Å². The number of amides is 2. The van der Waals surface area contributed by atoms with Crippen molar-refractivity contribution in [1.82, 2.24) is 15.1 Å². The summed E-state index contributed by atoms with van der Waals surface area (Å²) in [4.78, 5) is 42.8. The Morgan fingerprint density at radius 2 is 2.00 bits per heavy atom. The second-order valence-corrected chi connectivity index (χ2v) is 8.41. The summed E-state index contributed by atoms with van der Waals surface area (Å²) in [6.45, 7) is 1.79. The molecule has 1 fully saturated rings. The van der Waals surface area contributed by atoms with Crippen LogP contribution in [0.15, 0.2) is 23.2 Å². The number of hydrogen-bond donors (Lipinski definition) is 2. The van der Waals surface area contributed by atoms with Crippen molar-refractivity contribution < 1.29 is 24.2 Å². The Kier molecular flexibility index (Phi) is 8.08. The van der Waals surface area contributed by atoms with E-state index in [-0.39, 0.29) is 24.3 Å². The van der Waals surface area contributed by atoms with Gasteiger partial charge in [0.05, 0.1) is 12.3 Å². The van der Waals surface area contributed by atoms with Gasteiger partial charge in [0, 0.05) is 38.5 Å². The number of fused-ring (bicyclic) bond motifs is 1. The van der Waals surface area contributed by atoms with Crippen molar-refractivity contribution in [3.05, 3.63) is 23.8 Å². The number of rotatable bonds is 8. The van der Waals surface area contributed by atoms with Crippen LogP contribution in [0.5, 0.6) is 5.75 Å². The van der Waals surface area contributed by atoms with Crippen LogP contribution in [0.4, 0.5) is 5.69 Å². The molecule has 1 aliphatic carbocycles. The first kappa shape index (κ1) is 23.6. The monoisotopic (exact) mass is 444 g/mol. The summed E-state index contributed by atoms with van der Waals surface area (Å²) in [7, 11) is 1.90. The number of carbonyl (C=O) groups excluding carboxylic acids is 2. The molecule has 0 aromatic heterocycles. The number of carboxylic acid groups (broad SMARTS) is 1. The van der Waals surface area contributed by atoms with Gasteiger partial charge in [-0.3, -0.25) is 19.7 Å². The zero-order chi connectivity index (χ0) is 23.1. The summed E-state index contributed by atoms with van der Waals surface area (Å²) in [5, 5.41) is 11.7. The highest BCUT2D eigenvalue weighted by molar-refractivity contribution is 5.99. The van der Waals surface area contributed by atoms with Crippen LogP contribution < -0.4 is 10.1 Å². The molecule has 0 spiro atoms. The third-order valence-electron chi connectivity index (χ3n) is 5.87. The topological polar surface area (TPSA) is 112 Å². The number of aliphatic carboxylic acids is 1. The highest BCUT2D eigenvalue weighted by Crippen LogP contribution is 2.29. The molecule has 1 saturated carbocycles. The van der Waals surface area contributed by atoms with Crippen molar-refractivity contribution >= 4 is 29.4 Å². The molecular formula is C23H32N4O5. The highest BCUT2D eigenvalue weighted by atomic mass is 16.5. The standard InChI is InChI=1S/C23H32N4O5/c1-16(28)24-23-25-20-11-10-19(13-17(20)14-27(23)15-22(30)31)32-12-6-9-21(29)26(2)18-7-4-3-5-8-18/h10-11,13,18H,3-9,12,14-15H2,1-2H3,(H,30,31)(H,24,25,28). The normalized spacial score (nSPS) is 16.1. The molecule has 0 radical (unpaired) electrons. The third kappa shape index (κ3) is 6.45. The van der Waals surface area contributed by atoms with E-state index in [2.05, 4.69) is 10.3 Å². The van der Waals surface area contributed by atoms with Crippen molar-refractivity contribution in [2.45, 2.75) is 64.5 Å². The molecule has 2 aliphatic rings. The van der Waals surface area contributed by atoms with E-state index in [9.17, 15) is 14.4 Å². The van der Waals surface area contributed by atoms with Gasteiger partial charge in [0.15, 0.2) is 0 Å². The van der Waals surface area contributed by atoms with Gasteiger partial charge >= 0.3 is 5.97 Å². The molecule has 1 heterocycles. The quantitative estimate of drug-likeness (QED) is 0.597. The maximum atomic E-state index is 12.4. The van der Waals surface area contributed by atoms with E-state index in [1.165, 1.54) is 31.1 Å². The number of aliphatic imine (C=N–C) groups is 1. The molecule has 174 valence electrons. The Bertz CT molecular complexity index is 879. The SMILES string of the molecule is CC(=O)NC1=Nc2ccc(OCCCC(=O)N(C)C3CCCCC3)cc2CN1CC(=O)O. The van der Waals surface area contributed by atoms with Crippen LogP contribution in [-0.4, -0.2) is 64.9 Å². The van der Waals surface area contributed by atoms with Crippen LogP contribution >= 0.6 is 0 Å². The zero-order valence-corrected chi connectivity index (χ0v) is 18.8. The molecular weight excluding hydrogens is 412 g/mol.